The van der Waals surface area contributed by atoms with Gasteiger partial charge in [-0.25, -0.2) is 15.0 Å². The number of aromatic nitrogens is 4. The molecule has 0 bridgehead atoms. The van der Waals surface area contributed by atoms with Crippen LogP contribution in [-0.4, -0.2) is 26.2 Å². The molecular weight excluding hydrogens is 852 g/mol. The summed E-state index contributed by atoms with van der Waals surface area (Å²) in [5, 5.41) is 2.38. The normalized spacial score (nSPS) is 12.5. The van der Waals surface area contributed by atoms with Crippen molar-refractivity contribution >= 4 is 79.0 Å². The molecule has 0 unspecified atom stereocenters. The van der Waals surface area contributed by atoms with Crippen LogP contribution < -0.4 is 26.2 Å². The molecule has 0 atom stereocenters. The average Bonchev–Trinajstić information content (AvgIpc) is 3.77. The van der Waals surface area contributed by atoms with Crippen molar-refractivity contribution in [3.63, 3.8) is 0 Å². The van der Waals surface area contributed by atoms with E-state index in [2.05, 4.69) is 202 Å². The summed E-state index contributed by atoms with van der Waals surface area (Å²) in [6.45, 7) is 0.0557. The molecule has 0 radical (unpaired) electrons. The maximum absolute atomic E-state index is 5.01. The zero-order chi connectivity index (χ0) is 46.1. The zero-order valence-corrected chi connectivity index (χ0v) is 37.9. The highest BCUT2D eigenvalue weighted by Crippen LogP contribution is 2.46. The van der Waals surface area contributed by atoms with Crippen LogP contribution in [-0.2, 0) is 0 Å². The van der Waals surface area contributed by atoms with E-state index in [1.165, 1.54) is 49.9 Å². The molecule has 0 spiro atoms. The van der Waals surface area contributed by atoms with Crippen molar-refractivity contribution in [2.24, 2.45) is 0 Å². The molecule has 14 rings (SSSR count). The molecule has 12 aromatic rings. The van der Waals surface area contributed by atoms with E-state index in [1.807, 2.05) is 60.7 Å². The van der Waals surface area contributed by atoms with Gasteiger partial charge in [-0.3, -0.25) is 0 Å². The van der Waals surface area contributed by atoms with Crippen LogP contribution in [0.3, 0.4) is 0 Å². The van der Waals surface area contributed by atoms with Crippen LogP contribution in [0.5, 0.6) is 0 Å². The standard InChI is InChI=1S/C63H41BN6/c1-5-19-42(20-6-1)61-65-62(43-21-7-2-8-22-43)67-63(66-61)44-33-36-49(37-34-44)68-54-30-16-13-27-50(54)51-39-45(35-38-55(51)68)46-40-58-60-59(41-46)70(48-25-11-4-12-26-48)57-32-18-15-29-53(57)64(60)52-28-14-17-31-56(52)69(58)47-23-9-3-10-24-47/h1-41H. The predicted octanol–water partition coefficient (Wildman–Crippen LogP) is 13.7. The number of rotatable bonds is 7. The topological polar surface area (TPSA) is 50.1 Å². The smallest absolute Gasteiger partial charge is 0.252 e. The van der Waals surface area contributed by atoms with Crippen LogP contribution in [0.25, 0.3) is 72.8 Å². The van der Waals surface area contributed by atoms with Crippen LogP contribution in [0, 0.1) is 0 Å². The van der Waals surface area contributed by atoms with Gasteiger partial charge in [0.2, 0.25) is 0 Å². The lowest BCUT2D eigenvalue weighted by Gasteiger charge is -2.44. The van der Waals surface area contributed by atoms with Gasteiger partial charge in [0.25, 0.3) is 6.71 Å². The maximum Gasteiger partial charge on any atom is 0.252 e. The highest BCUT2D eigenvalue weighted by molar-refractivity contribution is 7.00. The summed E-state index contributed by atoms with van der Waals surface area (Å²) in [7, 11) is 0. The molecule has 0 saturated heterocycles. The largest absolute Gasteiger partial charge is 0.311 e. The van der Waals surface area contributed by atoms with Crippen LogP contribution in [0.15, 0.2) is 249 Å². The monoisotopic (exact) mass is 892 g/mol. The third-order valence-corrected chi connectivity index (χ3v) is 14.0. The summed E-state index contributed by atoms with van der Waals surface area (Å²) in [6, 6.07) is 89.0. The lowest BCUT2D eigenvalue weighted by atomic mass is 9.33. The molecule has 70 heavy (non-hydrogen) atoms. The van der Waals surface area contributed by atoms with Crippen molar-refractivity contribution in [2.75, 3.05) is 9.80 Å². The van der Waals surface area contributed by atoms with Crippen LogP contribution in [0.4, 0.5) is 34.1 Å². The minimum Gasteiger partial charge on any atom is -0.311 e. The first kappa shape index (κ1) is 39.8. The molecule has 0 amide bonds. The molecule has 2 aliphatic rings. The van der Waals surface area contributed by atoms with Gasteiger partial charge in [-0.2, -0.15) is 0 Å². The summed E-state index contributed by atoms with van der Waals surface area (Å²) in [5.41, 5.74) is 19.4. The number of hydrogen-bond donors (Lipinski definition) is 0. The Morgan fingerprint density at radius 2 is 0.714 bits per heavy atom. The van der Waals surface area contributed by atoms with Gasteiger partial charge in [-0.1, -0.05) is 158 Å². The Morgan fingerprint density at radius 3 is 1.26 bits per heavy atom. The van der Waals surface area contributed by atoms with Crippen molar-refractivity contribution < 1.29 is 0 Å². The van der Waals surface area contributed by atoms with Crippen molar-refractivity contribution in [1.82, 2.24) is 19.5 Å². The number of fused-ring (bicyclic) bond motifs is 7. The quantitative estimate of drug-likeness (QED) is 0.149. The van der Waals surface area contributed by atoms with E-state index >= 15 is 0 Å². The van der Waals surface area contributed by atoms with E-state index in [1.54, 1.807) is 0 Å². The summed E-state index contributed by atoms with van der Waals surface area (Å²) < 4.78 is 2.37. The highest BCUT2D eigenvalue weighted by atomic mass is 15.2. The minimum atomic E-state index is 0.0557. The second kappa shape index (κ2) is 16.2. The fraction of sp³-hybridized carbons (Fsp3) is 0. The Hall–Kier alpha value is -9.33. The number of benzene rings is 10. The third-order valence-electron chi connectivity index (χ3n) is 14.0. The van der Waals surface area contributed by atoms with Gasteiger partial charge in [0.1, 0.15) is 0 Å². The number of hydrogen-bond acceptors (Lipinski definition) is 5. The lowest BCUT2D eigenvalue weighted by Crippen LogP contribution is -2.61. The molecule has 4 heterocycles. The maximum atomic E-state index is 5.01. The van der Waals surface area contributed by atoms with E-state index in [4.69, 9.17) is 15.0 Å². The van der Waals surface area contributed by atoms with Crippen molar-refractivity contribution in [3.05, 3.63) is 249 Å². The van der Waals surface area contributed by atoms with E-state index < -0.39 is 0 Å². The molecule has 7 heteroatoms. The zero-order valence-electron chi connectivity index (χ0n) is 37.9. The molecule has 10 aromatic carbocycles. The first-order valence-electron chi connectivity index (χ1n) is 23.8. The molecular formula is C63H41BN6. The van der Waals surface area contributed by atoms with Gasteiger partial charge in [-0.15, -0.1) is 0 Å². The molecule has 0 N–H and O–H groups in total. The molecule has 0 saturated carbocycles. The average molecular weight is 893 g/mol. The first-order chi connectivity index (χ1) is 34.7. The van der Waals surface area contributed by atoms with Gasteiger partial charge in [0.05, 0.1) is 11.0 Å². The second-order valence-electron chi connectivity index (χ2n) is 18.0. The highest BCUT2D eigenvalue weighted by Gasteiger charge is 2.43. The van der Waals surface area contributed by atoms with Gasteiger partial charge in [0.15, 0.2) is 17.5 Å². The predicted molar refractivity (Wildman–Crippen MR) is 290 cm³/mol. The fourth-order valence-corrected chi connectivity index (χ4v) is 10.9. The number of nitrogens with zero attached hydrogens (tertiary/aromatic N) is 6. The SMILES string of the molecule is c1ccc(-c2nc(-c3ccccc3)nc(-c3ccc(-n4c5ccccc5c5cc(-c6cc7c8c(c6)N(c6ccccc6)c6ccccc6B8c6ccccc6N7c6ccccc6)ccc54)cc3)n2)cc1. The van der Waals surface area contributed by atoms with E-state index in [-0.39, 0.29) is 6.71 Å². The Kier molecular flexibility index (Phi) is 9.20. The summed E-state index contributed by atoms with van der Waals surface area (Å²) in [4.78, 5) is 19.9. The van der Waals surface area contributed by atoms with Crippen molar-refractivity contribution in [3.8, 4) is 51.0 Å². The van der Waals surface area contributed by atoms with Gasteiger partial charge in [0, 0.05) is 67.3 Å². The minimum absolute atomic E-state index is 0.0557. The molecule has 0 aliphatic carbocycles. The third kappa shape index (κ3) is 6.40. The van der Waals surface area contributed by atoms with Gasteiger partial charge < -0.3 is 14.4 Å². The molecule has 2 aromatic heterocycles. The molecule has 6 nitrogen and oxygen atoms in total. The summed E-state index contributed by atoms with van der Waals surface area (Å²) in [6.07, 6.45) is 0. The van der Waals surface area contributed by atoms with E-state index in [9.17, 15) is 0 Å². The Bertz CT molecular complexity index is 3780. The Morgan fingerprint density at radius 1 is 0.286 bits per heavy atom. The Labute approximate surface area is 406 Å². The fourth-order valence-electron chi connectivity index (χ4n) is 10.9. The van der Waals surface area contributed by atoms with Crippen LogP contribution >= 0.6 is 0 Å². The van der Waals surface area contributed by atoms with E-state index in [0.717, 1.165) is 55.9 Å². The van der Waals surface area contributed by atoms with Gasteiger partial charge in [-0.05, 0) is 119 Å². The number of anilines is 6. The van der Waals surface area contributed by atoms with E-state index in [0.29, 0.717) is 17.5 Å². The lowest BCUT2D eigenvalue weighted by molar-refractivity contribution is 1.07. The summed E-state index contributed by atoms with van der Waals surface area (Å²) >= 11 is 0. The van der Waals surface area contributed by atoms with Crippen molar-refractivity contribution in [2.45, 2.75) is 0 Å². The molecule has 0 fully saturated rings. The first-order valence-corrected chi connectivity index (χ1v) is 23.8. The molecule has 2 aliphatic heterocycles. The molecule has 326 valence electrons. The van der Waals surface area contributed by atoms with Gasteiger partial charge >= 0.3 is 0 Å². The Balaban J connectivity index is 0.931. The van der Waals surface area contributed by atoms with Crippen molar-refractivity contribution in [1.29, 1.82) is 0 Å². The number of para-hydroxylation sites is 5. The van der Waals surface area contributed by atoms with Crippen LogP contribution in [0.1, 0.15) is 0 Å². The van der Waals surface area contributed by atoms with Crippen LogP contribution in [0.2, 0.25) is 0 Å². The summed E-state index contributed by atoms with van der Waals surface area (Å²) in [5.74, 6) is 1.92. The second-order valence-corrected chi connectivity index (χ2v) is 18.0.